The molecule has 21 heavy (non-hydrogen) atoms. The molecule has 112 valence electrons. The molecule has 1 unspecified atom stereocenters. The van der Waals surface area contributed by atoms with Crippen molar-refractivity contribution in [3.05, 3.63) is 12.4 Å². The maximum Gasteiger partial charge on any atom is 0.258 e. The lowest BCUT2D eigenvalue weighted by atomic mass is 9.99. The van der Waals surface area contributed by atoms with Crippen LogP contribution in [0.2, 0.25) is 0 Å². The standard InChI is InChI=1S/C13H17N5O2S/c1-13(20-3,9-4-5-9)11(19)16-12-15-10(17-21-12)8-6-14-18(2)7-8/h6-7,9H,4-5H2,1-3H3,(H,15,16,17,19). The van der Waals surface area contributed by atoms with Crippen LogP contribution in [0.1, 0.15) is 19.8 Å². The number of aryl methyl sites for hydroxylation is 1. The van der Waals surface area contributed by atoms with Crippen molar-refractivity contribution >= 4 is 22.6 Å². The van der Waals surface area contributed by atoms with Gasteiger partial charge < -0.3 is 4.74 Å². The average Bonchev–Trinajstić information content (AvgIpc) is 3.09. The molecule has 1 aliphatic carbocycles. The number of anilines is 1. The van der Waals surface area contributed by atoms with E-state index in [1.807, 2.05) is 20.2 Å². The molecular weight excluding hydrogens is 290 g/mol. The van der Waals surface area contributed by atoms with Gasteiger partial charge in [0.15, 0.2) is 5.82 Å². The Hall–Kier alpha value is -1.80. The molecule has 0 spiro atoms. The molecule has 8 heteroatoms. The van der Waals surface area contributed by atoms with Crippen LogP contribution in [-0.4, -0.2) is 37.8 Å². The molecule has 0 aliphatic heterocycles. The predicted octanol–water partition coefficient (Wildman–Crippen LogP) is 1.69. The van der Waals surface area contributed by atoms with Gasteiger partial charge in [0.05, 0.1) is 11.8 Å². The molecule has 1 aliphatic rings. The van der Waals surface area contributed by atoms with E-state index in [0.29, 0.717) is 11.0 Å². The maximum atomic E-state index is 12.4. The zero-order valence-corrected chi connectivity index (χ0v) is 13.0. The summed E-state index contributed by atoms with van der Waals surface area (Å²) in [5.41, 5.74) is 0.0334. The van der Waals surface area contributed by atoms with Crippen molar-refractivity contribution in [2.24, 2.45) is 13.0 Å². The number of amides is 1. The van der Waals surface area contributed by atoms with E-state index in [9.17, 15) is 4.79 Å². The summed E-state index contributed by atoms with van der Waals surface area (Å²) in [7, 11) is 3.40. The van der Waals surface area contributed by atoms with Gasteiger partial charge in [-0.1, -0.05) is 0 Å². The molecule has 1 N–H and O–H groups in total. The molecular formula is C13H17N5O2S. The topological polar surface area (TPSA) is 81.9 Å². The van der Waals surface area contributed by atoms with Gasteiger partial charge >= 0.3 is 0 Å². The number of ether oxygens (including phenoxy) is 1. The lowest BCUT2D eigenvalue weighted by Gasteiger charge is -2.25. The second-order valence-electron chi connectivity index (χ2n) is 5.37. The Bertz CT molecular complexity index is 663. The van der Waals surface area contributed by atoms with Crippen molar-refractivity contribution in [2.45, 2.75) is 25.4 Å². The fraction of sp³-hybridized carbons (Fsp3) is 0.538. The van der Waals surface area contributed by atoms with Gasteiger partial charge in [0.1, 0.15) is 5.60 Å². The number of aromatic nitrogens is 4. The Labute approximate surface area is 126 Å². The van der Waals surface area contributed by atoms with Crippen LogP contribution < -0.4 is 5.32 Å². The molecule has 0 radical (unpaired) electrons. The van der Waals surface area contributed by atoms with Gasteiger partial charge in [-0.15, -0.1) is 0 Å². The van der Waals surface area contributed by atoms with Gasteiger partial charge in [0.25, 0.3) is 5.91 Å². The number of carbonyl (C=O) groups excluding carboxylic acids is 1. The molecule has 1 atom stereocenters. The van der Waals surface area contributed by atoms with Gasteiger partial charge in [-0.2, -0.15) is 14.5 Å². The number of nitrogens with one attached hydrogen (secondary N) is 1. The minimum Gasteiger partial charge on any atom is -0.368 e. The number of methoxy groups -OCH3 is 1. The van der Waals surface area contributed by atoms with Gasteiger partial charge in [0.2, 0.25) is 5.13 Å². The molecule has 1 fully saturated rings. The highest BCUT2D eigenvalue weighted by molar-refractivity contribution is 7.10. The Morgan fingerprint density at radius 1 is 1.57 bits per heavy atom. The quantitative estimate of drug-likeness (QED) is 0.909. The molecule has 0 saturated heterocycles. The summed E-state index contributed by atoms with van der Waals surface area (Å²) in [5, 5.41) is 7.36. The summed E-state index contributed by atoms with van der Waals surface area (Å²) in [4.78, 5) is 16.7. The minimum absolute atomic E-state index is 0.165. The van der Waals surface area contributed by atoms with E-state index < -0.39 is 5.60 Å². The number of hydrogen-bond donors (Lipinski definition) is 1. The molecule has 2 aromatic rings. The maximum absolute atomic E-state index is 12.4. The highest BCUT2D eigenvalue weighted by atomic mass is 32.1. The van der Waals surface area contributed by atoms with E-state index in [-0.39, 0.29) is 11.8 Å². The highest BCUT2D eigenvalue weighted by Gasteiger charge is 2.47. The van der Waals surface area contributed by atoms with Crippen LogP contribution >= 0.6 is 11.5 Å². The largest absolute Gasteiger partial charge is 0.368 e. The zero-order valence-electron chi connectivity index (χ0n) is 12.2. The van der Waals surface area contributed by atoms with Crippen molar-refractivity contribution in [3.8, 4) is 11.4 Å². The van der Waals surface area contributed by atoms with Gasteiger partial charge in [-0.05, 0) is 25.7 Å². The summed E-state index contributed by atoms with van der Waals surface area (Å²) < 4.78 is 11.3. The molecule has 2 heterocycles. The van der Waals surface area contributed by atoms with Gasteiger partial charge in [-0.3, -0.25) is 14.8 Å². The van der Waals surface area contributed by atoms with Crippen LogP contribution in [0.5, 0.6) is 0 Å². The first kappa shape index (κ1) is 14.2. The Morgan fingerprint density at radius 3 is 2.90 bits per heavy atom. The van der Waals surface area contributed by atoms with E-state index in [0.717, 1.165) is 29.9 Å². The van der Waals surface area contributed by atoms with Crippen molar-refractivity contribution < 1.29 is 9.53 Å². The van der Waals surface area contributed by atoms with E-state index in [1.54, 1.807) is 18.0 Å². The van der Waals surface area contributed by atoms with Crippen LogP contribution in [0.3, 0.4) is 0 Å². The van der Waals surface area contributed by atoms with Crippen molar-refractivity contribution in [2.75, 3.05) is 12.4 Å². The molecule has 1 saturated carbocycles. The smallest absolute Gasteiger partial charge is 0.258 e. The summed E-state index contributed by atoms with van der Waals surface area (Å²) >= 11 is 1.16. The van der Waals surface area contributed by atoms with E-state index in [2.05, 4.69) is 19.8 Å². The Balaban J connectivity index is 1.73. The average molecular weight is 307 g/mol. The molecule has 0 bridgehead atoms. The second-order valence-corrected chi connectivity index (χ2v) is 6.12. The fourth-order valence-electron chi connectivity index (χ4n) is 2.23. The fourth-order valence-corrected chi connectivity index (χ4v) is 2.81. The van der Waals surface area contributed by atoms with Crippen molar-refractivity contribution in [1.82, 2.24) is 19.1 Å². The third-order valence-electron chi connectivity index (χ3n) is 3.84. The normalized spacial score (nSPS) is 17.5. The highest BCUT2D eigenvalue weighted by Crippen LogP contribution is 2.42. The van der Waals surface area contributed by atoms with Crippen molar-refractivity contribution in [3.63, 3.8) is 0 Å². The number of carbonyl (C=O) groups is 1. The van der Waals surface area contributed by atoms with Crippen LogP contribution in [0.15, 0.2) is 12.4 Å². The summed E-state index contributed by atoms with van der Waals surface area (Å²) in [6, 6.07) is 0. The van der Waals surface area contributed by atoms with Crippen LogP contribution in [0.4, 0.5) is 5.13 Å². The van der Waals surface area contributed by atoms with E-state index in [1.165, 1.54) is 0 Å². The van der Waals surface area contributed by atoms with Gasteiger partial charge in [0, 0.05) is 31.9 Å². The first-order valence-electron chi connectivity index (χ1n) is 6.72. The Kier molecular flexibility index (Phi) is 3.50. The lowest BCUT2D eigenvalue weighted by molar-refractivity contribution is -0.138. The molecule has 0 aromatic carbocycles. The SMILES string of the molecule is COC(C)(C(=O)Nc1nc(-c2cnn(C)c2)ns1)C1CC1. The molecule has 3 rings (SSSR count). The second kappa shape index (κ2) is 5.19. The van der Waals surface area contributed by atoms with E-state index >= 15 is 0 Å². The monoisotopic (exact) mass is 307 g/mol. The summed E-state index contributed by atoms with van der Waals surface area (Å²) in [5.74, 6) is 0.684. The lowest BCUT2D eigenvalue weighted by Crippen LogP contribution is -2.44. The summed E-state index contributed by atoms with van der Waals surface area (Å²) in [6.07, 6.45) is 5.57. The van der Waals surface area contributed by atoms with Crippen LogP contribution in [0.25, 0.3) is 11.4 Å². The van der Waals surface area contributed by atoms with Crippen molar-refractivity contribution in [1.29, 1.82) is 0 Å². The van der Waals surface area contributed by atoms with Crippen LogP contribution in [-0.2, 0) is 16.6 Å². The van der Waals surface area contributed by atoms with Gasteiger partial charge in [-0.25, -0.2) is 0 Å². The third-order valence-corrected chi connectivity index (χ3v) is 4.47. The third kappa shape index (κ3) is 2.68. The molecule has 7 nitrogen and oxygen atoms in total. The minimum atomic E-state index is -0.792. The summed E-state index contributed by atoms with van der Waals surface area (Å²) in [6.45, 7) is 1.82. The van der Waals surface area contributed by atoms with Crippen LogP contribution in [0, 0.1) is 5.92 Å². The van der Waals surface area contributed by atoms with E-state index in [4.69, 9.17) is 4.74 Å². The molecule has 1 amide bonds. The first-order valence-corrected chi connectivity index (χ1v) is 7.49. The predicted molar refractivity (Wildman–Crippen MR) is 78.9 cm³/mol. The number of hydrogen-bond acceptors (Lipinski definition) is 6. The number of rotatable bonds is 5. The number of nitrogens with zero attached hydrogens (tertiary/aromatic N) is 4. The molecule has 2 aromatic heterocycles. The zero-order chi connectivity index (χ0) is 15.0. The Morgan fingerprint density at radius 2 is 2.33 bits per heavy atom. The first-order chi connectivity index (χ1) is 10.0.